The Morgan fingerprint density at radius 1 is 1.67 bits per heavy atom. The standard InChI is InChI=1S/C6H12NS.H2O/c1-3-7-4-5-8-6(7)2;/h3-5H2,1-2H3;1H2/q+1;/p-1. The Labute approximate surface area is 60.3 Å². The molecule has 0 aromatic rings. The van der Waals surface area contributed by atoms with Gasteiger partial charge < -0.3 is 5.48 Å². The van der Waals surface area contributed by atoms with Gasteiger partial charge in [-0.1, -0.05) is 11.8 Å². The van der Waals surface area contributed by atoms with E-state index in [1.807, 2.05) is 11.8 Å². The first-order valence-electron chi connectivity index (χ1n) is 3.06. The zero-order valence-electron chi connectivity index (χ0n) is 5.92. The molecule has 0 aromatic heterocycles. The van der Waals surface area contributed by atoms with Crippen LogP contribution in [-0.4, -0.2) is 33.9 Å². The molecule has 9 heavy (non-hydrogen) atoms. The molecular formula is C6H13NOS. The van der Waals surface area contributed by atoms with E-state index in [0.717, 1.165) is 0 Å². The predicted octanol–water partition coefficient (Wildman–Crippen LogP) is 1.01. The van der Waals surface area contributed by atoms with E-state index in [4.69, 9.17) is 0 Å². The van der Waals surface area contributed by atoms with Gasteiger partial charge >= 0.3 is 0 Å². The maximum absolute atomic E-state index is 2.41. The van der Waals surface area contributed by atoms with Crippen molar-refractivity contribution in [3.8, 4) is 0 Å². The van der Waals surface area contributed by atoms with Crippen LogP contribution in [0.4, 0.5) is 0 Å². The first kappa shape index (κ1) is 8.98. The van der Waals surface area contributed by atoms with Gasteiger partial charge in [0, 0.05) is 6.92 Å². The molecule has 0 bridgehead atoms. The molecular weight excluding hydrogens is 134 g/mol. The molecule has 2 nitrogen and oxygen atoms in total. The van der Waals surface area contributed by atoms with Crippen LogP contribution in [0.1, 0.15) is 13.8 Å². The Morgan fingerprint density at radius 3 is 2.56 bits per heavy atom. The molecule has 0 saturated heterocycles. The Hall–Kier alpha value is -0.0200. The molecule has 0 aliphatic carbocycles. The van der Waals surface area contributed by atoms with Crippen molar-refractivity contribution in [2.24, 2.45) is 0 Å². The number of rotatable bonds is 1. The second-order valence-corrected chi connectivity index (χ2v) is 3.23. The SMILES string of the molecule is CC[N+]1=C(C)SCC1.[OH-]. The minimum Gasteiger partial charge on any atom is -0.870 e. The van der Waals surface area contributed by atoms with Crippen LogP contribution in [0.3, 0.4) is 0 Å². The highest BCUT2D eigenvalue weighted by Gasteiger charge is 2.15. The third-order valence-electron chi connectivity index (χ3n) is 1.50. The Morgan fingerprint density at radius 2 is 2.33 bits per heavy atom. The van der Waals surface area contributed by atoms with Gasteiger partial charge in [0.25, 0.3) is 0 Å². The molecule has 1 rings (SSSR count). The molecule has 0 atom stereocenters. The van der Waals surface area contributed by atoms with Gasteiger partial charge in [-0.3, -0.25) is 0 Å². The first-order chi connectivity index (χ1) is 3.84. The molecule has 3 heteroatoms. The minimum atomic E-state index is 0. The summed E-state index contributed by atoms with van der Waals surface area (Å²) in [4.78, 5) is 0. The zero-order chi connectivity index (χ0) is 5.98. The van der Waals surface area contributed by atoms with Gasteiger partial charge in [-0.05, 0) is 6.92 Å². The second-order valence-electron chi connectivity index (χ2n) is 1.95. The highest BCUT2D eigenvalue weighted by molar-refractivity contribution is 8.13. The van der Waals surface area contributed by atoms with Crippen LogP contribution in [-0.2, 0) is 0 Å². The molecule has 0 aromatic carbocycles. The summed E-state index contributed by atoms with van der Waals surface area (Å²) in [6.07, 6.45) is 0. The zero-order valence-corrected chi connectivity index (χ0v) is 6.74. The van der Waals surface area contributed by atoms with Crippen molar-refractivity contribution in [2.75, 3.05) is 18.8 Å². The fraction of sp³-hybridized carbons (Fsp3) is 0.833. The third kappa shape index (κ3) is 1.99. The van der Waals surface area contributed by atoms with E-state index >= 15 is 0 Å². The lowest BCUT2D eigenvalue weighted by Gasteiger charge is -1.89. The largest absolute Gasteiger partial charge is 0.870 e. The maximum atomic E-state index is 2.41. The average Bonchev–Trinajstić information content (AvgIpc) is 2.14. The van der Waals surface area contributed by atoms with Crippen LogP contribution in [0.15, 0.2) is 0 Å². The first-order valence-corrected chi connectivity index (χ1v) is 4.04. The van der Waals surface area contributed by atoms with E-state index in [1.54, 1.807) is 0 Å². The van der Waals surface area contributed by atoms with Gasteiger partial charge in [0.1, 0.15) is 6.54 Å². The van der Waals surface area contributed by atoms with Crippen LogP contribution in [0.25, 0.3) is 0 Å². The summed E-state index contributed by atoms with van der Waals surface area (Å²) in [6.45, 7) is 6.84. The van der Waals surface area contributed by atoms with E-state index in [2.05, 4.69) is 18.4 Å². The van der Waals surface area contributed by atoms with Crippen LogP contribution in [0, 0.1) is 0 Å². The van der Waals surface area contributed by atoms with E-state index < -0.39 is 0 Å². The number of hydrogen-bond acceptors (Lipinski definition) is 2. The molecule has 0 amide bonds. The second kappa shape index (κ2) is 3.90. The smallest absolute Gasteiger partial charge is 0.207 e. The van der Waals surface area contributed by atoms with Gasteiger partial charge in [0.15, 0.2) is 6.54 Å². The van der Waals surface area contributed by atoms with Crippen molar-refractivity contribution in [3.05, 3.63) is 0 Å². The monoisotopic (exact) mass is 147 g/mol. The van der Waals surface area contributed by atoms with Crippen LogP contribution in [0.2, 0.25) is 0 Å². The highest BCUT2D eigenvalue weighted by atomic mass is 32.2. The predicted molar refractivity (Wildman–Crippen MR) is 40.7 cm³/mol. The van der Waals surface area contributed by atoms with Crippen molar-refractivity contribution in [3.63, 3.8) is 0 Å². The summed E-state index contributed by atoms with van der Waals surface area (Å²) >= 11 is 1.97. The molecule has 1 aliphatic heterocycles. The number of hydrogen-bond donors (Lipinski definition) is 0. The Kier molecular flexibility index (Phi) is 3.89. The van der Waals surface area contributed by atoms with Crippen molar-refractivity contribution < 1.29 is 10.1 Å². The Balaban J connectivity index is 0.000000640. The van der Waals surface area contributed by atoms with Crippen molar-refractivity contribution in [1.29, 1.82) is 0 Å². The molecule has 1 heterocycles. The molecule has 1 N–H and O–H groups in total. The fourth-order valence-electron chi connectivity index (χ4n) is 0.933. The van der Waals surface area contributed by atoms with Crippen molar-refractivity contribution >= 4 is 16.8 Å². The van der Waals surface area contributed by atoms with Crippen LogP contribution < -0.4 is 0 Å². The summed E-state index contributed by atoms with van der Waals surface area (Å²) < 4.78 is 2.41. The van der Waals surface area contributed by atoms with Crippen molar-refractivity contribution in [2.45, 2.75) is 13.8 Å². The lowest BCUT2D eigenvalue weighted by molar-refractivity contribution is -0.514. The summed E-state index contributed by atoms with van der Waals surface area (Å²) in [6, 6.07) is 0. The van der Waals surface area contributed by atoms with E-state index in [1.165, 1.54) is 23.9 Å². The van der Waals surface area contributed by atoms with Crippen LogP contribution >= 0.6 is 11.8 Å². The van der Waals surface area contributed by atoms with Gasteiger partial charge in [-0.15, -0.1) is 0 Å². The van der Waals surface area contributed by atoms with Gasteiger partial charge in [0.2, 0.25) is 5.04 Å². The molecule has 0 radical (unpaired) electrons. The molecule has 1 aliphatic rings. The molecule has 0 saturated carbocycles. The quantitative estimate of drug-likeness (QED) is 0.518. The minimum absolute atomic E-state index is 0. The van der Waals surface area contributed by atoms with Gasteiger partial charge in [0.05, 0.1) is 5.75 Å². The maximum Gasteiger partial charge on any atom is 0.207 e. The van der Waals surface area contributed by atoms with E-state index in [0.29, 0.717) is 0 Å². The lowest BCUT2D eigenvalue weighted by Crippen LogP contribution is -2.11. The Bertz CT molecular complexity index is 122. The van der Waals surface area contributed by atoms with Crippen molar-refractivity contribution in [1.82, 2.24) is 0 Å². The van der Waals surface area contributed by atoms with Gasteiger partial charge in [-0.2, -0.15) is 0 Å². The normalized spacial score (nSPS) is 18.0. The highest BCUT2D eigenvalue weighted by Crippen LogP contribution is 2.09. The fourth-order valence-corrected chi connectivity index (χ4v) is 1.94. The molecule has 54 valence electrons. The third-order valence-corrected chi connectivity index (χ3v) is 2.56. The summed E-state index contributed by atoms with van der Waals surface area (Å²) in [5, 5.41) is 1.49. The topological polar surface area (TPSA) is 33.0 Å². The van der Waals surface area contributed by atoms with Gasteiger partial charge in [-0.25, -0.2) is 4.58 Å². The lowest BCUT2D eigenvalue weighted by atomic mass is 10.6. The van der Waals surface area contributed by atoms with Crippen LogP contribution in [0.5, 0.6) is 0 Å². The number of nitrogens with zero attached hydrogens (tertiary/aromatic N) is 1. The molecule has 0 spiro atoms. The van der Waals surface area contributed by atoms with E-state index in [-0.39, 0.29) is 5.48 Å². The molecule has 0 fully saturated rings. The van der Waals surface area contributed by atoms with E-state index in [9.17, 15) is 0 Å². The number of thioether (sulfide) groups is 1. The summed E-state index contributed by atoms with van der Waals surface area (Å²) in [7, 11) is 0. The average molecular weight is 147 g/mol. The summed E-state index contributed by atoms with van der Waals surface area (Å²) in [5.74, 6) is 1.29. The summed E-state index contributed by atoms with van der Waals surface area (Å²) in [5.41, 5.74) is 0. The molecule has 0 unspecified atom stereocenters.